The molecule has 0 fully saturated rings. The van der Waals surface area contributed by atoms with Crippen LogP contribution in [0.4, 0.5) is 0 Å². The van der Waals surface area contributed by atoms with Crippen LogP contribution < -0.4 is 11.7 Å². The quantitative estimate of drug-likeness (QED) is 0.530. The molecule has 0 aliphatic heterocycles. The van der Waals surface area contributed by atoms with Crippen LogP contribution in [0.2, 0.25) is 0 Å². The topological polar surface area (TPSA) is 55.3 Å². The van der Waals surface area contributed by atoms with Crippen LogP contribution in [-0.4, -0.2) is 25.5 Å². The van der Waals surface area contributed by atoms with Gasteiger partial charge in [-0.15, -0.1) is 0 Å². The number of nitrogens with two attached hydrogens (primary N) is 2. The van der Waals surface area contributed by atoms with Gasteiger partial charge in [-0.1, -0.05) is 30.3 Å². The Balaban J connectivity index is 0.000000671. The van der Waals surface area contributed by atoms with Gasteiger partial charge in [0.15, 0.2) is 0 Å². The van der Waals surface area contributed by atoms with Gasteiger partial charge in [-0.25, -0.2) is 0 Å². The molecule has 3 heteroatoms. The Bertz CT molecular complexity index is 197. The van der Waals surface area contributed by atoms with E-state index in [0.717, 1.165) is 13.0 Å². The number of rotatable bonds is 3. The fourth-order valence-electron chi connectivity index (χ4n) is 0.997. The molecule has 0 atom stereocenters. The van der Waals surface area contributed by atoms with Crippen LogP contribution in [0.25, 0.3) is 0 Å². The van der Waals surface area contributed by atoms with E-state index in [0.29, 0.717) is 0 Å². The second-order valence-corrected chi connectivity index (χ2v) is 3.04. The molecule has 0 aromatic heterocycles. The summed E-state index contributed by atoms with van der Waals surface area (Å²) in [5.74, 6) is 8.00. The van der Waals surface area contributed by atoms with Crippen molar-refractivity contribution >= 4 is 0 Å². The molecule has 0 radical (unpaired) electrons. The predicted molar refractivity (Wildman–Crippen MR) is 57.1 cm³/mol. The molecule has 0 heterocycles. The van der Waals surface area contributed by atoms with Crippen molar-refractivity contribution in [2.45, 2.75) is 6.42 Å². The van der Waals surface area contributed by atoms with E-state index >= 15 is 0 Å². The van der Waals surface area contributed by atoms with E-state index in [-0.39, 0.29) is 0 Å². The molecule has 0 saturated heterocycles. The number of hydrogen-bond acceptors (Lipinski definition) is 3. The lowest BCUT2D eigenvalue weighted by atomic mass is 10.1. The summed E-state index contributed by atoms with van der Waals surface area (Å²) in [6.07, 6.45) is 1.15. The van der Waals surface area contributed by atoms with Gasteiger partial charge in [0.25, 0.3) is 0 Å². The van der Waals surface area contributed by atoms with Crippen LogP contribution in [-0.2, 0) is 6.42 Å². The van der Waals surface area contributed by atoms with Gasteiger partial charge in [0.2, 0.25) is 0 Å². The van der Waals surface area contributed by atoms with E-state index in [1.165, 1.54) is 5.56 Å². The van der Waals surface area contributed by atoms with Crippen LogP contribution in [0.5, 0.6) is 0 Å². The molecule has 0 unspecified atom stereocenters. The molecular weight excluding hydrogens is 162 g/mol. The molecule has 0 saturated carbocycles. The second kappa shape index (κ2) is 7.73. The maximum absolute atomic E-state index is 4.00. The third kappa shape index (κ3) is 6.28. The van der Waals surface area contributed by atoms with Crippen molar-refractivity contribution in [3.63, 3.8) is 0 Å². The monoisotopic (exact) mass is 181 g/mol. The van der Waals surface area contributed by atoms with E-state index in [9.17, 15) is 0 Å². The molecule has 0 aliphatic carbocycles. The highest BCUT2D eigenvalue weighted by atomic mass is 15.0. The molecule has 4 N–H and O–H groups in total. The fraction of sp³-hybridized carbons (Fsp3) is 0.400. The lowest BCUT2D eigenvalue weighted by Gasteiger charge is -2.08. The summed E-state index contributed by atoms with van der Waals surface area (Å²) in [5, 5.41) is 0. The number of likely N-dealkylation sites (N-methyl/N-ethyl adjacent to an activating group) is 1. The smallest absolute Gasteiger partial charge is 0.00157 e. The van der Waals surface area contributed by atoms with E-state index in [2.05, 4.69) is 61.0 Å². The third-order valence-corrected chi connectivity index (χ3v) is 1.69. The van der Waals surface area contributed by atoms with Gasteiger partial charge in [0, 0.05) is 6.54 Å². The number of hydrazine groups is 1. The van der Waals surface area contributed by atoms with Crippen LogP contribution in [0.15, 0.2) is 30.3 Å². The molecule has 0 spiro atoms. The molecule has 13 heavy (non-hydrogen) atoms. The Hall–Kier alpha value is -0.900. The summed E-state index contributed by atoms with van der Waals surface area (Å²) >= 11 is 0. The van der Waals surface area contributed by atoms with Crippen molar-refractivity contribution in [3.05, 3.63) is 35.9 Å². The lowest BCUT2D eigenvalue weighted by Crippen LogP contribution is -2.14. The highest BCUT2D eigenvalue weighted by Crippen LogP contribution is 1.99. The normalized spacial score (nSPS) is 9.31. The molecular formula is C10H19N3. The minimum absolute atomic E-state index is 1.13. The standard InChI is InChI=1S/C10H15N.H4N2/c1-11(2)9-8-10-6-4-3-5-7-10;1-2/h3-7H,8-9H2,1-2H3;1-2H2. The van der Waals surface area contributed by atoms with E-state index in [1.807, 2.05) is 0 Å². The molecule has 1 rings (SSSR count). The second-order valence-electron chi connectivity index (χ2n) is 3.04. The van der Waals surface area contributed by atoms with Gasteiger partial charge in [-0.2, -0.15) is 0 Å². The first kappa shape index (κ1) is 12.1. The first-order chi connectivity index (χ1) is 6.29. The summed E-state index contributed by atoms with van der Waals surface area (Å²) in [7, 11) is 4.20. The molecule has 0 amide bonds. The van der Waals surface area contributed by atoms with Crippen molar-refractivity contribution in [2.24, 2.45) is 11.7 Å². The number of hydrogen-bond donors (Lipinski definition) is 2. The van der Waals surface area contributed by atoms with Crippen molar-refractivity contribution in [1.82, 2.24) is 4.90 Å². The predicted octanol–water partition coefficient (Wildman–Crippen LogP) is 0.610. The Labute approximate surface area is 80.3 Å². The van der Waals surface area contributed by atoms with Crippen LogP contribution >= 0.6 is 0 Å². The van der Waals surface area contributed by atoms with Gasteiger partial charge < -0.3 is 4.90 Å². The van der Waals surface area contributed by atoms with Gasteiger partial charge in [0.05, 0.1) is 0 Å². The highest BCUT2D eigenvalue weighted by Gasteiger charge is 1.91. The van der Waals surface area contributed by atoms with Crippen molar-refractivity contribution in [1.29, 1.82) is 0 Å². The molecule has 0 aliphatic rings. The van der Waals surface area contributed by atoms with E-state index in [4.69, 9.17) is 0 Å². The average molecular weight is 181 g/mol. The zero-order valence-corrected chi connectivity index (χ0v) is 8.40. The summed E-state index contributed by atoms with van der Waals surface area (Å²) < 4.78 is 0. The SMILES string of the molecule is CN(C)CCc1ccccc1.NN. The summed E-state index contributed by atoms with van der Waals surface area (Å²) in [6.45, 7) is 1.13. The van der Waals surface area contributed by atoms with Gasteiger partial charge in [-0.3, -0.25) is 11.7 Å². The number of nitrogens with zero attached hydrogens (tertiary/aromatic N) is 1. The Morgan fingerprint density at radius 2 is 1.62 bits per heavy atom. The zero-order valence-electron chi connectivity index (χ0n) is 8.40. The minimum Gasteiger partial charge on any atom is -0.309 e. The Kier molecular flexibility index (Phi) is 7.20. The van der Waals surface area contributed by atoms with Crippen molar-refractivity contribution < 1.29 is 0 Å². The Morgan fingerprint density at radius 3 is 2.08 bits per heavy atom. The Morgan fingerprint density at radius 1 is 1.08 bits per heavy atom. The molecule has 74 valence electrons. The van der Waals surface area contributed by atoms with Crippen LogP contribution in [0.1, 0.15) is 5.56 Å². The van der Waals surface area contributed by atoms with Gasteiger partial charge >= 0.3 is 0 Å². The third-order valence-electron chi connectivity index (χ3n) is 1.69. The van der Waals surface area contributed by atoms with Crippen LogP contribution in [0, 0.1) is 0 Å². The fourth-order valence-corrected chi connectivity index (χ4v) is 0.997. The summed E-state index contributed by atoms with van der Waals surface area (Å²) in [5.41, 5.74) is 1.42. The zero-order chi connectivity index (χ0) is 10.1. The van der Waals surface area contributed by atoms with E-state index in [1.54, 1.807) is 0 Å². The first-order valence-electron chi connectivity index (χ1n) is 4.31. The maximum atomic E-state index is 4.00. The van der Waals surface area contributed by atoms with Crippen molar-refractivity contribution in [3.8, 4) is 0 Å². The summed E-state index contributed by atoms with van der Waals surface area (Å²) in [6, 6.07) is 10.6. The van der Waals surface area contributed by atoms with Gasteiger partial charge in [-0.05, 0) is 26.1 Å². The van der Waals surface area contributed by atoms with E-state index < -0.39 is 0 Å². The molecule has 1 aromatic carbocycles. The number of benzene rings is 1. The first-order valence-corrected chi connectivity index (χ1v) is 4.31. The average Bonchev–Trinajstić information content (AvgIpc) is 2.19. The molecule has 1 aromatic rings. The summed E-state index contributed by atoms with van der Waals surface area (Å²) in [4.78, 5) is 2.20. The van der Waals surface area contributed by atoms with Crippen molar-refractivity contribution in [2.75, 3.05) is 20.6 Å². The molecule has 3 nitrogen and oxygen atoms in total. The van der Waals surface area contributed by atoms with Crippen LogP contribution in [0.3, 0.4) is 0 Å². The highest BCUT2D eigenvalue weighted by molar-refractivity contribution is 5.14. The van der Waals surface area contributed by atoms with Gasteiger partial charge in [0.1, 0.15) is 0 Å². The maximum Gasteiger partial charge on any atom is 0.00157 e. The minimum atomic E-state index is 1.13. The largest absolute Gasteiger partial charge is 0.309 e. The lowest BCUT2D eigenvalue weighted by molar-refractivity contribution is 0.413. The molecule has 0 bridgehead atoms.